The highest BCUT2D eigenvalue weighted by atomic mass is 127. The van der Waals surface area contributed by atoms with Crippen molar-refractivity contribution in [1.29, 1.82) is 0 Å². The second-order valence-electron chi connectivity index (χ2n) is 4.69. The molecule has 0 amide bonds. The third kappa shape index (κ3) is 3.56. The number of halogens is 2. The van der Waals surface area contributed by atoms with Gasteiger partial charge >= 0.3 is 0 Å². The number of hydrogen-bond donors (Lipinski definition) is 2. The van der Waals surface area contributed by atoms with Crippen molar-refractivity contribution < 1.29 is 0 Å². The zero-order valence-corrected chi connectivity index (χ0v) is 14.6. The fourth-order valence-corrected chi connectivity index (χ4v) is 3.30. The number of nitrogens with one attached hydrogen (secondary N) is 1. The van der Waals surface area contributed by atoms with Crippen molar-refractivity contribution in [2.24, 2.45) is 5.84 Å². The van der Waals surface area contributed by atoms with Crippen LogP contribution in [0.2, 0.25) is 0 Å². The third-order valence-electron chi connectivity index (χ3n) is 3.01. The topological polar surface area (TPSA) is 38.0 Å². The fourth-order valence-electron chi connectivity index (χ4n) is 2.28. The van der Waals surface area contributed by atoms with Crippen molar-refractivity contribution in [3.63, 3.8) is 0 Å². The molecule has 0 heterocycles. The van der Waals surface area contributed by atoms with Gasteiger partial charge in [0.25, 0.3) is 0 Å². The third-order valence-corrected chi connectivity index (χ3v) is 4.49. The van der Waals surface area contributed by atoms with Crippen LogP contribution in [-0.4, -0.2) is 0 Å². The zero-order valence-electron chi connectivity index (χ0n) is 10.9. The molecule has 0 aliphatic rings. The molecule has 1 unspecified atom stereocenters. The lowest BCUT2D eigenvalue weighted by Gasteiger charge is -2.20. The molecule has 3 N–H and O–H groups in total. The second kappa shape index (κ2) is 6.35. The van der Waals surface area contributed by atoms with Gasteiger partial charge in [0.05, 0.1) is 6.04 Å². The summed E-state index contributed by atoms with van der Waals surface area (Å²) in [4.78, 5) is 0. The Hall–Kier alpha value is -0.430. The Labute approximate surface area is 136 Å². The fraction of sp³-hybridized carbons (Fsp3) is 0.200. The molecule has 100 valence electrons. The molecule has 19 heavy (non-hydrogen) atoms. The van der Waals surface area contributed by atoms with Crippen LogP contribution in [-0.2, 0) is 0 Å². The standard InChI is InChI=1S/C15H16BrIN2/c1-9-5-10(2)7-11(6-9)15(19-18)13-8-12(16)3-4-14(13)17/h3-8,15,19H,18H2,1-2H3. The molecule has 0 saturated heterocycles. The molecule has 1 atom stereocenters. The van der Waals surface area contributed by atoms with Gasteiger partial charge in [-0.25, -0.2) is 5.43 Å². The monoisotopic (exact) mass is 430 g/mol. The highest BCUT2D eigenvalue weighted by Gasteiger charge is 2.16. The first-order chi connectivity index (χ1) is 9.01. The molecule has 2 nitrogen and oxygen atoms in total. The maximum Gasteiger partial charge on any atom is 0.0720 e. The van der Waals surface area contributed by atoms with E-state index in [-0.39, 0.29) is 6.04 Å². The van der Waals surface area contributed by atoms with E-state index in [1.807, 2.05) is 6.07 Å². The largest absolute Gasteiger partial charge is 0.271 e. The van der Waals surface area contributed by atoms with Crippen LogP contribution in [0.15, 0.2) is 40.9 Å². The number of hydrazine groups is 1. The molecule has 4 heteroatoms. The van der Waals surface area contributed by atoms with Gasteiger partial charge in [0.15, 0.2) is 0 Å². The Kier molecular flexibility index (Phi) is 5.00. The SMILES string of the molecule is Cc1cc(C)cc(C(NN)c2cc(Br)ccc2I)c1. The summed E-state index contributed by atoms with van der Waals surface area (Å²) in [5.41, 5.74) is 7.81. The first-order valence-electron chi connectivity index (χ1n) is 6.00. The lowest BCUT2D eigenvalue weighted by atomic mass is 9.96. The number of benzene rings is 2. The predicted octanol–water partition coefficient (Wildman–Crippen LogP) is 4.22. The van der Waals surface area contributed by atoms with E-state index >= 15 is 0 Å². The Morgan fingerprint density at radius 3 is 2.32 bits per heavy atom. The maximum absolute atomic E-state index is 5.79. The van der Waals surface area contributed by atoms with E-state index in [0.717, 1.165) is 4.47 Å². The van der Waals surface area contributed by atoms with Gasteiger partial charge in [0.2, 0.25) is 0 Å². The van der Waals surface area contributed by atoms with Crippen LogP contribution < -0.4 is 11.3 Å². The van der Waals surface area contributed by atoms with Crippen molar-refractivity contribution in [2.45, 2.75) is 19.9 Å². The quantitative estimate of drug-likeness (QED) is 0.434. The van der Waals surface area contributed by atoms with Gasteiger partial charge in [-0.15, -0.1) is 0 Å². The summed E-state index contributed by atoms with van der Waals surface area (Å²) in [6.45, 7) is 4.21. The number of nitrogens with two attached hydrogens (primary N) is 1. The predicted molar refractivity (Wildman–Crippen MR) is 91.9 cm³/mol. The van der Waals surface area contributed by atoms with Crippen molar-refractivity contribution in [3.05, 3.63) is 66.7 Å². The average Bonchev–Trinajstić information content (AvgIpc) is 2.33. The minimum atomic E-state index is 0.00278. The molecule has 0 fully saturated rings. The summed E-state index contributed by atoms with van der Waals surface area (Å²) < 4.78 is 2.26. The number of rotatable bonds is 3. The Balaban J connectivity index is 2.52. The summed E-state index contributed by atoms with van der Waals surface area (Å²) in [6.07, 6.45) is 0. The van der Waals surface area contributed by atoms with Crippen molar-refractivity contribution >= 4 is 38.5 Å². The molecular formula is C15H16BrIN2. The molecule has 2 rings (SSSR count). The Bertz CT molecular complexity index is 578. The maximum atomic E-state index is 5.79. The van der Waals surface area contributed by atoms with E-state index in [1.54, 1.807) is 0 Å². The molecule has 0 aromatic heterocycles. The summed E-state index contributed by atoms with van der Waals surface area (Å²) >= 11 is 5.87. The van der Waals surface area contributed by atoms with E-state index in [1.165, 1.54) is 25.8 Å². The van der Waals surface area contributed by atoms with E-state index in [4.69, 9.17) is 5.84 Å². The van der Waals surface area contributed by atoms with Gasteiger partial charge in [-0.3, -0.25) is 5.84 Å². The summed E-state index contributed by atoms with van der Waals surface area (Å²) in [6, 6.07) is 12.8. The molecule has 0 spiro atoms. The van der Waals surface area contributed by atoms with E-state index in [2.05, 4.69) is 88.1 Å². The molecule has 0 saturated carbocycles. The van der Waals surface area contributed by atoms with E-state index in [9.17, 15) is 0 Å². The minimum Gasteiger partial charge on any atom is -0.271 e. The van der Waals surface area contributed by atoms with Crippen LogP contribution in [0.4, 0.5) is 0 Å². The normalized spacial score (nSPS) is 12.5. The lowest BCUT2D eigenvalue weighted by molar-refractivity contribution is 0.633. The van der Waals surface area contributed by atoms with Crippen molar-refractivity contribution in [3.8, 4) is 0 Å². The van der Waals surface area contributed by atoms with Crippen LogP contribution in [0.25, 0.3) is 0 Å². The van der Waals surface area contributed by atoms with Gasteiger partial charge in [-0.2, -0.15) is 0 Å². The smallest absolute Gasteiger partial charge is 0.0720 e. The van der Waals surface area contributed by atoms with Crippen LogP contribution in [0.3, 0.4) is 0 Å². The molecule has 0 radical (unpaired) electrons. The van der Waals surface area contributed by atoms with Crippen molar-refractivity contribution in [1.82, 2.24) is 5.43 Å². The first-order valence-corrected chi connectivity index (χ1v) is 7.87. The van der Waals surface area contributed by atoms with Gasteiger partial charge < -0.3 is 0 Å². The summed E-state index contributed by atoms with van der Waals surface area (Å²) in [7, 11) is 0. The average molecular weight is 431 g/mol. The summed E-state index contributed by atoms with van der Waals surface area (Å²) in [5.74, 6) is 5.79. The second-order valence-corrected chi connectivity index (χ2v) is 6.76. The summed E-state index contributed by atoms with van der Waals surface area (Å²) in [5, 5.41) is 0. The highest BCUT2D eigenvalue weighted by Crippen LogP contribution is 2.29. The first kappa shape index (κ1) is 15.0. The number of aryl methyl sites for hydroxylation is 2. The number of hydrogen-bond acceptors (Lipinski definition) is 2. The lowest BCUT2D eigenvalue weighted by Crippen LogP contribution is -2.29. The molecule has 0 aliphatic heterocycles. The minimum absolute atomic E-state index is 0.00278. The van der Waals surface area contributed by atoms with Gasteiger partial charge in [-0.05, 0) is 65.8 Å². The molecule has 0 aliphatic carbocycles. The molecular weight excluding hydrogens is 415 g/mol. The van der Waals surface area contributed by atoms with Crippen LogP contribution in [0.1, 0.15) is 28.3 Å². The molecule has 2 aromatic carbocycles. The van der Waals surface area contributed by atoms with Crippen LogP contribution in [0, 0.1) is 17.4 Å². The Morgan fingerprint density at radius 2 is 1.74 bits per heavy atom. The van der Waals surface area contributed by atoms with Gasteiger partial charge in [-0.1, -0.05) is 45.3 Å². The van der Waals surface area contributed by atoms with Crippen LogP contribution >= 0.6 is 38.5 Å². The van der Waals surface area contributed by atoms with Crippen LogP contribution in [0.5, 0.6) is 0 Å². The van der Waals surface area contributed by atoms with Gasteiger partial charge in [0.1, 0.15) is 0 Å². The Morgan fingerprint density at radius 1 is 1.11 bits per heavy atom. The van der Waals surface area contributed by atoms with Crippen molar-refractivity contribution in [2.75, 3.05) is 0 Å². The zero-order chi connectivity index (χ0) is 14.0. The van der Waals surface area contributed by atoms with E-state index in [0.29, 0.717) is 0 Å². The van der Waals surface area contributed by atoms with E-state index < -0.39 is 0 Å². The molecule has 0 bridgehead atoms. The highest BCUT2D eigenvalue weighted by molar-refractivity contribution is 14.1. The molecule has 2 aromatic rings. The van der Waals surface area contributed by atoms with Gasteiger partial charge in [0, 0.05) is 8.04 Å².